The van der Waals surface area contributed by atoms with Gasteiger partial charge in [0.1, 0.15) is 6.10 Å². The minimum atomic E-state index is 0.305. The molecule has 0 radical (unpaired) electrons. The van der Waals surface area contributed by atoms with Crippen LogP contribution in [0.1, 0.15) is 37.7 Å². The molecule has 6 heteroatoms. The van der Waals surface area contributed by atoms with Gasteiger partial charge in [-0.2, -0.15) is 0 Å². The van der Waals surface area contributed by atoms with Crippen molar-refractivity contribution in [2.24, 2.45) is 11.8 Å². The molecule has 2 aliphatic carbocycles. The third-order valence-corrected chi connectivity index (χ3v) is 5.64. The molecule has 25 heavy (non-hydrogen) atoms. The number of aromatic nitrogens is 2. The van der Waals surface area contributed by atoms with E-state index in [0.717, 1.165) is 30.5 Å². The van der Waals surface area contributed by atoms with Crippen LogP contribution in [0, 0.1) is 11.8 Å². The number of ether oxygens (including phenoxy) is 3. The Kier molecular flexibility index (Phi) is 5.47. The van der Waals surface area contributed by atoms with Crippen molar-refractivity contribution in [3.05, 3.63) is 35.9 Å². The highest BCUT2D eigenvalue weighted by molar-refractivity contribution is 6.99. The third kappa shape index (κ3) is 4.30. The van der Waals surface area contributed by atoms with Crippen LogP contribution in [-0.2, 0) is 11.3 Å². The summed E-state index contributed by atoms with van der Waals surface area (Å²) >= 11 is 1.15. The zero-order valence-electron chi connectivity index (χ0n) is 14.3. The third-order valence-electron chi connectivity index (χ3n) is 5.15. The summed E-state index contributed by atoms with van der Waals surface area (Å²) in [4.78, 5) is 0. The van der Waals surface area contributed by atoms with Gasteiger partial charge in [-0.05, 0) is 43.1 Å². The molecule has 1 aromatic carbocycles. The SMILES string of the molecule is c1ccc(COCCCOc2nsnc2O[C@@H]2C[C@H]3CC[C@@H]2C3)cc1. The Morgan fingerprint density at radius 3 is 2.68 bits per heavy atom. The van der Waals surface area contributed by atoms with Gasteiger partial charge in [-0.3, -0.25) is 0 Å². The van der Waals surface area contributed by atoms with Gasteiger partial charge in [0.05, 0.1) is 31.5 Å². The van der Waals surface area contributed by atoms with Crippen LogP contribution in [-0.4, -0.2) is 28.1 Å². The Morgan fingerprint density at radius 2 is 1.88 bits per heavy atom. The van der Waals surface area contributed by atoms with Crippen LogP contribution in [0.3, 0.4) is 0 Å². The highest BCUT2D eigenvalue weighted by Gasteiger charge is 2.41. The molecule has 0 N–H and O–H groups in total. The zero-order valence-corrected chi connectivity index (χ0v) is 15.1. The molecule has 0 unspecified atom stereocenters. The minimum absolute atomic E-state index is 0.305. The van der Waals surface area contributed by atoms with Crippen LogP contribution >= 0.6 is 11.7 Å². The Hall–Kier alpha value is -1.66. The Labute approximate surface area is 152 Å². The van der Waals surface area contributed by atoms with Gasteiger partial charge in [-0.15, -0.1) is 8.75 Å². The van der Waals surface area contributed by atoms with E-state index in [9.17, 15) is 0 Å². The lowest BCUT2D eigenvalue weighted by atomic mass is 9.98. The van der Waals surface area contributed by atoms with Crippen molar-refractivity contribution in [3.8, 4) is 11.8 Å². The van der Waals surface area contributed by atoms with Gasteiger partial charge in [0.25, 0.3) is 11.8 Å². The first-order chi connectivity index (χ1) is 12.4. The van der Waals surface area contributed by atoms with Crippen LogP contribution in [0.25, 0.3) is 0 Å². The largest absolute Gasteiger partial charge is 0.473 e. The predicted octanol–water partition coefficient (Wildman–Crippen LogP) is 4.09. The second-order valence-electron chi connectivity index (χ2n) is 6.95. The van der Waals surface area contributed by atoms with E-state index in [0.29, 0.717) is 43.6 Å². The second kappa shape index (κ2) is 8.15. The van der Waals surface area contributed by atoms with Crippen molar-refractivity contribution < 1.29 is 14.2 Å². The first kappa shape index (κ1) is 16.8. The maximum atomic E-state index is 6.10. The van der Waals surface area contributed by atoms with Gasteiger partial charge in [-0.25, -0.2) is 0 Å². The standard InChI is InChI=1S/C19H24N2O3S/c1-2-5-14(6-3-1)13-22-9-4-10-23-18-19(21-25-20-18)24-17-12-15-7-8-16(17)11-15/h1-3,5-6,15-17H,4,7-13H2/t15-,16+,17+/m0/s1. The number of benzene rings is 1. The summed E-state index contributed by atoms with van der Waals surface area (Å²) in [7, 11) is 0. The number of hydrogen-bond acceptors (Lipinski definition) is 6. The average Bonchev–Trinajstić information content (AvgIpc) is 3.37. The lowest BCUT2D eigenvalue weighted by molar-refractivity contribution is 0.102. The number of nitrogens with zero attached hydrogens (tertiary/aromatic N) is 2. The fourth-order valence-corrected chi connectivity index (χ4v) is 4.34. The number of hydrogen-bond donors (Lipinski definition) is 0. The van der Waals surface area contributed by atoms with E-state index in [1.165, 1.54) is 24.8 Å². The first-order valence-electron chi connectivity index (χ1n) is 9.12. The Morgan fingerprint density at radius 1 is 1.00 bits per heavy atom. The Bertz CT molecular complexity index is 664. The lowest BCUT2D eigenvalue weighted by Gasteiger charge is -2.21. The summed E-state index contributed by atoms with van der Waals surface area (Å²) in [5.74, 6) is 2.67. The summed E-state index contributed by atoms with van der Waals surface area (Å²) in [6.07, 6.45) is 6.26. The zero-order chi connectivity index (χ0) is 16.9. The molecule has 1 heterocycles. The van der Waals surface area contributed by atoms with Gasteiger partial charge < -0.3 is 14.2 Å². The molecule has 5 nitrogen and oxygen atoms in total. The molecule has 2 aromatic rings. The van der Waals surface area contributed by atoms with E-state index in [-0.39, 0.29) is 0 Å². The fraction of sp³-hybridized carbons (Fsp3) is 0.579. The van der Waals surface area contributed by atoms with Gasteiger partial charge in [0, 0.05) is 6.42 Å². The summed E-state index contributed by atoms with van der Waals surface area (Å²) in [6.45, 7) is 1.86. The molecule has 2 aliphatic rings. The van der Waals surface area contributed by atoms with Crippen molar-refractivity contribution in [2.45, 2.75) is 44.8 Å². The summed E-state index contributed by atoms with van der Waals surface area (Å²) < 4.78 is 26.0. The summed E-state index contributed by atoms with van der Waals surface area (Å²) in [5.41, 5.74) is 1.19. The van der Waals surface area contributed by atoms with Crippen LogP contribution in [0.5, 0.6) is 11.8 Å². The molecule has 0 aliphatic heterocycles. The normalized spacial score (nSPS) is 24.6. The highest BCUT2D eigenvalue weighted by atomic mass is 32.1. The van der Waals surface area contributed by atoms with E-state index in [2.05, 4.69) is 20.9 Å². The summed E-state index contributed by atoms with van der Waals surface area (Å²) in [6, 6.07) is 10.2. The molecule has 0 spiro atoms. The molecule has 134 valence electrons. The van der Waals surface area contributed by atoms with Crippen molar-refractivity contribution in [1.29, 1.82) is 0 Å². The van der Waals surface area contributed by atoms with Crippen molar-refractivity contribution in [1.82, 2.24) is 8.75 Å². The van der Waals surface area contributed by atoms with Crippen LogP contribution in [0.2, 0.25) is 0 Å². The first-order valence-corrected chi connectivity index (χ1v) is 9.85. The Balaban J connectivity index is 1.16. The monoisotopic (exact) mass is 360 g/mol. The van der Waals surface area contributed by atoms with Crippen molar-refractivity contribution in [3.63, 3.8) is 0 Å². The molecule has 4 rings (SSSR count). The van der Waals surface area contributed by atoms with Gasteiger partial charge in [-0.1, -0.05) is 30.3 Å². The molecule has 3 atom stereocenters. The minimum Gasteiger partial charge on any atom is -0.473 e. The second-order valence-corrected chi connectivity index (χ2v) is 7.47. The molecule has 1 aromatic heterocycles. The number of fused-ring (bicyclic) bond motifs is 2. The van der Waals surface area contributed by atoms with Crippen LogP contribution < -0.4 is 9.47 Å². The fourth-order valence-electron chi connectivity index (χ4n) is 3.90. The number of rotatable bonds is 9. The van der Waals surface area contributed by atoms with Gasteiger partial charge in [0.15, 0.2) is 0 Å². The molecule has 2 saturated carbocycles. The van der Waals surface area contributed by atoms with E-state index < -0.39 is 0 Å². The smallest absolute Gasteiger partial charge is 0.291 e. The van der Waals surface area contributed by atoms with Gasteiger partial charge >= 0.3 is 0 Å². The maximum Gasteiger partial charge on any atom is 0.291 e. The summed E-state index contributed by atoms with van der Waals surface area (Å²) in [5, 5.41) is 0. The topological polar surface area (TPSA) is 53.5 Å². The molecule has 2 bridgehead atoms. The predicted molar refractivity (Wildman–Crippen MR) is 96.0 cm³/mol. The maximum absolute atomic E-state index is 6.10. The average molecular weight is 360 g/mol. The molecular weight excluding hydrogens is 336 g/mol. The van der Waals surface area contributed by atoms with E-state index in [1.807, 2.05) is 18.2 Å². The molecule has 0 saturated heterocycles. The van der Waals surface area contributed by atoms with Crippen LogP contribution in [0.4, 0.5) is 0 Å². The highest BCUT2D eigenvalue weighted by Crippen LogP contribution is 2.46. The van der Waals surface area contributed by atoms with E-state index >= 15 is 0 Å². The van der Waals surface area contributed by atoms with E-state index in [1.54, 1.807) is 0 Å². The van der Waals surface area contributed by atoms with E-state index in [4.69, 9.17) is 14.2 Å². The molecule has 0 amide bonds. The molecule has 2 fully saturated rings. The quantitative estimate of drug-likeness (QED) is 0.631. The van der Waals surface area contributed by atoms with Crippen LogP contribution in [0.15, 0.2) is 30.3 Å². The van der Waals surface area contributed by atoms with Crippen molar-refractivity contribution in [2.75, 3.05) is 13.2 Å². The molecular formula is C19H24N2O3S. The lowest BCUT2D eigenvalue weighted by Crippen LogP contribution is -2.23. The van der Waals surface area contributed by atoms with Gasteiger partial charge in [0.2, 0.25) is 0 Å². The van der Waals surface area contributed by atoms with Crippen molar-refractivity contribution >= 4 is 11.7 Å².